The molecule has 118 valence electrons. The summed E-state index contributed by atoms with van der Waals surface area (Å²) in [6, 6.07) is 4.10. The molecule has 1 heterocycles. The van der Waals surface area contributed by atoms with Crippen LogP contribution in [0, 0.1) is 0 Å². The summed E-state index contributed by atoms with van der Waals surface area (Å²) in [6.45, 7) is 0. The van der Waals surface area contributed by atoms with E-state index >= 15 is 0 Å². The number of halogens is 3. The molecule has 0 aromatic heterocycles. The fourth-order valence-electron chi connectivity index (χ4n) is 1.69. The molecule has 0 aliphatic carbocycles. The highest BCUT2D eigenvalue weighted by molar-refractivity contribution is 6.04. The van der Waals surface area contributed by atoms with Crippen molar-refractivity contribution in [2.45, 2.75) is 12.5 Å². The molecule has 0 saturated carbocycles. The molecule has 11 heteroatoms. The monoisotopic (exact) mass is 314 g/mol. The van der Waals surface area contributed by atoms with Gasteiger partial charge in [-0.2, -0.15) is 18.2 Å². The molecule has 2 rings (SSSR count). The second kappa shape index (κ2) is 5.52. The van der Waals surface area contributed by atoms with Gasteiger partial charge in [-0.15, -0.1) is 0 Å². The predicted octanol–water partition coefficient (Wildman–Crippen LogP) is -0.161. The maximum absolute atomic E-state index is 12.5. The van der Waals surface area contributed by atoms with Crippen LogP contribution in [-0.2, 0) is 6.18 Å². The van der Waals surface area contributed by atoms with Crippen molar-refractivity contribution in [2.75, 3.05) is 0 Å². The Kier molecular flexibility index (Phi) is 3.91. The first-order valence-corrected chi connectivity index (χ1v) is 5.92. The first kappa shape index (κ1) is 15.6. The first-order valence-electron chi connectivity index (χ1n) is 5.92. The summed E-state index contributed by atoms with van der Waals surface area (Å²) in [5.41, 5.74) is 21.8. The largest absolute Gasteiger partial charge is 0.416 e. The van der Waals surface area contributed by atoms with Gasteiger partial charge < -0.3 is 17.2 Å². The van der Waals surface area contributed by atoms with Gasteiger partial charge in [-0.1, -0.05) is 0 Å². The third-order valence-electron chi connectivity index (χ3n) is 2.69. The van der Waals surface area contributed by atoms with Crippen molar-refractivity contribution in [1.82, 2.24) is 4.90 Å². The van der Waals surface area contributed by atoms with E-state index in [4.69, 9.17) is 22.9 Å². The third kappa shape index (κ3) is 3.25. The lowest BCUT2D eigenvalue weighted by Gasteiger charge is -2.28. The van der Waals surface area contributed by atoms with Crippen molar-refractivity contribution >= 4 is 23.6 Å². The number of nitrogens with zero attached hydrogens (tertiary/aromatic N) is 4. The maximum Gasteiger partial charge on any atom is 0.416 e. The average Bonchev–Trinajstić information content (AvgIpc) is 2.36. The second-order valence-electron chi connectivity index (χ2n) is 4.26. The summed E-state index contributed by atoms with van der Waals surface area (Å²) in [5, 5.41) is 0. The van der Waals surface area contributed by atoms with Crippen LogP contribution in [0.2, 0.25) is 0 Å². The molecule has 8 nitrogen and oxygen atoms in total. The Balaban J connectivity index is 2.24. The van der Waals surface area contributed by atoms with Gasteiger partial charge in [0, 0.05) is 0 Å². The Morgan fingerprint density at radius 3 is 2.27 bits per heavy atom. The third-order valence-corrected chi connectivity index (χ3v) is 2.69. The molecule has 1 aliphatic heterocycles. The zero-order chi connectivity index (χ0) is 16.5. The van der Waals surface area contributed by atoms with E-state index in [-0.39, 0.29) is 23.6 Å². The fraction of sp³-hybridized carbons (Fsp3) is 0.182. The Hall–Kier alpha value is -2.82. The van der Waals surface area contributed by atoms with E-state index in [0.29, 0.717) is 0 Å². The van der Waals surface area contributed by atoms with E-state index in [1.54, 1.807) is 0 Å². The Morgan fingerprint density at radius 2 is 1.77 bits per heavy atom. The molecular formula is C11H13F3N8. The molecule has 0 amide bonds. The second-order valence-corrected chi connectivity index (χ2v) is 4.26. The molecule has 8 N–H and O–H groups in total. The van der Waals surface area contributed by atoms with Gasteiger partial charge in [-0.3, -0.25) is 5.73 Å². The topological polar surface area (TPSA) is 144 Å². The molecule has 1 aliphatic rings. The summed E-state index contributed by atoms with van der Waals surface area (Å²) in [5.74, 6) is -0.401. The van der Waals surface area contributed by atoms with Gasteiger partial charge in [0.05, 0.1) is 11.3 Å². The summed E-state index contributed by atoms with van der Waals surface area (Å²) in [6.07, 6.45) is -5.44. The number of hydrogen-bond donors (Lipinski definition) is 4. The minimum atomic E-state index is -4.42. The summed E-state index contributed by atoms with van der Waals surface area (Å²) in [7, 11) is 0. The fourth-order valence-corrected chi connectivity index (χ4v) is 1.69. The van der Waals surface area contributed by atoms with E-state index in [2.05, 4.69) is 15.0 Å². The standard InChI is InChI=1S/C11H13F3N8/c12-11(13,14)5-1-3-6(4-2-5)19-8(16)22-9(17)20-7(15)21-10(22)18/h1-4,9H,17H2,(H2,16,19)(H4,15,18,20,21). The van der Waals surface area contributed by atoms with Crippen LogP contribution < -0.4 is 22.9 Å². The molecule has 1 aromatic carbocycles. The van der Waals surface area contributed by atoms with Crippen LogP contribution >= 0.6 is 0 Å². The Labute approximate surface area is 123 Å². The number of alkyl halides is 3. The zero-order valence-corrected chi connectivity index (χ0v) is 11.1. The lowest BCUT2D eigenvalue weighted by molar-refractivity contribution is -0.137. The molecule has 0 radical (unpaired) electrons. The molecule has 1 atom stereocenters. The van der Waals surface area contributed by atoms with Crippen LogP contribution in [-0.4, -0.2) is 29.1 Å². The Bertz CT molecular complexity index is 646. The van der Waals surface area contributed by atoms with E-state index in [9.17, 15) is 13.2 Å². The average molecular weight is 314 g/mol. The van der Waals surface area contributed by atoms with E-state index in [1.807, 2.05) is 0 Å². The minimum Gasteiger partial charge on any atom is -0.369 e. The molecule has 1 unspecified atom stereocenters. The number of benzene rings is 1. The van der Waals surface area contributed by atoms with Crippen molar-refractivity contribution in [3.63, 3.8) is 0 Å². The lowest BCUT2D eigenvalue weighted by Crippen LogP contribution is -2.57. The summed E-state index contributed by atoms with van der Waals surface area (Å²) < 4.78 is 37.4. The van der Waals surface area contributed by atoms with Gasteiger partial charge in [0.2, 0.25) is 17.9 Å². The maximum atomic E-state index is 12.5. The van der Waals surface area contributed by atoms with Crippen LogP contribution in [0.4, 0.5) is 18.9 Å². The molecule has 0 bridgehead atoms. The van der Waals surface area contributed by atoms with Crippen LogP contribution in [0.5, 0.6) is 0 Å². The minimum absolute atomic E-state index is 0.108. The molecule has 1 aromatic rings. The van der Waals surface area contributed by atoms with Gasteiger partial charge in [0.1, 0.15) is 0 Å². The molecule has 0 spiro atoms. The van der Waals surface area contributed by atoms with Crippen LogP contribution in [0.25, 0.3) is 0 Å². The van der Waals surface area contributed by atoms with Crippen molar-refractivity contribution in [2.24, 2.45) is 37.9 Å². The normalized spacial score (nSPS) is 19.7. The van der Waals surface area contributed by atoms with Gasteiger partial charge >= 0.3 is 6.18 Å². The number of nitrogens with two attached hydrogens (primary N) is 4. The number of aliphatic imine (C=N–C) groups is 3. The van der Waals surface area contributed by atoms with Crippen LogP contribution in [0.15, 0.2) is 39.2 Å². The van der Waals surface area contributed by atoms with Crippen LogP contribution in [0.1, 0.15) is 5.56 Å². The number of rotatable bonds is 1. The highest BCUT2D eigenvalue weighted by Crippen LogP contribution is 2.30. The molecular weight excluding hydrogens is 301 g/mol. The predicted molar refractivity (Wildman–Crippen MR) is 75.8 cm³/mol. The number of hydrogen-bond acceptors (Lipinski definition) is 6. The van der Waals surface area contributed by atoms with Crippen molar-refractivity contribution in [1.29, 1.82) is 0 Å². The SMILES string of the molecule is NC1=NC(N)N(C(N)=Nc2ccc(C(F)(F)F)cc2)C(N)=N1. The molecule has 22 heavy (non-hydrogen) atoms. The summed E-state index contributed by atoms with van der Waals surface area (Å²) >= 11 is 0. The quantitative estimate of drug-likeness (QED) is 0.420. The van der Waals surface area contributed by atoms with Gasteiger partial charge in [0.25, 0.3) is 0 Å². The van der Waals surface area contributed by atoms with Gasteiger partial charge in [-0.25, -0.2) is 14.9 Å². The molecule has 0 fully saturated rings. The summed E-state index contributed by atoms with van der Waals surface area (Å²) in [4.78, 5) is 12.5. The first-order chi connectivity index (χ1) is 10.2. The van der Waals surface area contributed by atoms with E-state index < -0.39 is 18.0 Å². The highest BCUT2D eigenvalue weighted by atomic mass is 19.4. The van der Waals surface area contributed by atoms with Crippen molar-refractivity contribution in [3.05, 3.63) is 29.8 Å². The van der Waals surface area contributed by atoms with E-state index in [1.165, 1.54) is 0 Å². The smallest absolute Gasteiger partial charge is 0.369 e. The van der Waals surface area contributed by atoms with Crippen molar-refractivity contribution in [3.8, 4) is 0 Å². The Morgan fingerprint density at radius 1 is 1.18 bits per heavy atom. The van der Waals surface area contributed by atoms with Crippen LogP contribution in [0.3, 0.4) is 0 Å². The van der Waals surface area contributed by atoms with E-state index in [0.717, 1.165) is 29.2 Å². The van der Waals surface area contributed by atoms with Crippen molar-refractivity contribution < 1.29 is 13.2 Å². The van der Waals surface area contributed by atoms with Gasteiger partial charge in [-0.05, 0) is 24.3 Å². The van der Waals surface area contributed by atoms with Gasteiger partial charge in [0.15, 0.2) is 6.29 Å². The molecule has 0 saturated heterocycles. The zero-order valence-electron chi connectivity index (χ0n) is 11.1. The lowest BCUT2D eigenvalue weighted by atomic mass is 10.2. The number of guanidine groups is 3. The highest BCUT2D eigenvalue weighted by Gasteiger charge is 2.30.